The Kier molecular flexibility index (Phi) is 8.51. The molecule has 0 bridgehead atoms. The number of para-hydroxylation sites is 1. The lowest BCUT2D eigenvalue weighted by Gasteiger charge is -2.29. The van der Waals surface area contributed by atoms with Crippen LogP contribution in [0.25, 0.3) is 0 Å². The molecule has 0 aliphatic heterocycles. The second kappa shape index (κ2) is 11.7. The van der Waals surface area contributed by atoms with Crippen molar-refractivity contribution in [3.8, 4) is 0 Å². The summed E-state index contributed by atoms with van der Waals surface area (Å²) in [5.41, 5.74) is 2.95. The maximum Gasteiger partial charge on any atom is 0.306 e. The number of rotatable bonds is 10. The van der Waals surface area contributed by atoms with E-state index in [1.807, 2.05) is 42.5 Å². The predicted molar refractivity (Wildman–Crippen MR) is 130 cm³/mol. The molecule has 1 amide bonds. The molecule has 0 atom stereocenters. The first kappa shape index (κ1) is 24.6. The van der Waals surface area contributed by atoms with Gasteiger partial charge in [-0.25, -0.2) is 4.39 Å². The van der Waals surface area contributed by atoms with Crippen molar-refractivity contribution < 1.29 is 23.5 Å². The van der Waals surface area contributed by atoms with Crippen molar-refractivity contribution in [3.05, 3.63) is 90.2 Å². The lowest BCUT2D eigenvalue weighted by atomic mass is 10.1. The second-order valence-electron chi connectivity index (χ2n) is 7.99. The number of nitrogens with zero attached hydrogens (tertiary/aromatic N) is 1. The molecule has 3 rings (SSSR count). The molecule has 3 aromatic carbocycles. The van der Waals surface area contributed by atoms with E-state index in [1.165, 1.54) is 24.3 Å². The molecule has 34 heavy (non-hydrogen) atoms. The molecule has 0 heterocycles. The zero-order valence-corrected chi connectivity index (χ0v) is 19.2. The summed E-state index contributed by atoms with van der Waals surface area (Å²) in [4.78, 5) is 38.3. The molecule has 0 aromatic heterocycles. The number of Topliss-reactive ketones (excluding diaryl/α,β-unsaturated/α-hetero) is 1. The highest BCUT2D eigenvalue weighted by molar-refractivity contribution is 5.98. The highest BCUT2D eigenvalue weighted by atomic mass is 19.1. The molecule has 0 aliphatic carbocycles. The van der Waals surface area contributed by atoms with Crippen LogP contribution in [0.3, 0.4) is 0 Å². The number of benzene rings is 3. The molecule has 176 valence electrons. The van der Waals surface area contributed by atoms with E-state index in [9.17, 15) is 18.8 Å². The SMILES string of the molecule is CC(C)N(c1ccccc1)c1ccc(NC(=O)COC(=O)CCC(=O)c2ccc(F)cc2)cc1. The summed E-state index contributed by atoms with van der Waals surface area (Å²) in [5, 5.41) is 2.69. The number of hydrogen-bond donors (Lipinski definition) is 1. The van der Waals surface area contributed by atoms with Crippen LogP contribution in [-0.2, 0) is 14.3 Å². The normalized spacial score (nSPS) is 10.6. The van der Waals surface area contributed by atoms with Crippen molar-refractivity contribution in [2.45, 2.75) is 32.7 Å². The summed E-state index contributed by atoms with van der Waals surface area (Å²) < 4.78 is 17.9. The zero-order chi connectivity index (χ0) is 24.5. The minimum absolute atomic E-state index is 0.0820. The van der Waals surface area contributed by atoms with Crippen LogP contribution >= 0.6 is 0 Å². The summed E-state index contributed by atoms with van der Waals surface area (Å²) in [6, 6.07) is 22.7. The number of nitrogens with one attached hydrogen (secondary N) is 1. The summed E-state index contributed by atoms with van der Waals surface area (Å²) in [7, 11) is 0. The van der Waals surface area contributed by atoms with Gasteiger partial charge in [0.1, 0.15) is 5.82 Å². The maximum atomic E-state index is 12.9. The van der Waals surface area contributed by atoms with E-state index in [0.717, 1.165) is 11.4 Å². The number of ketones is 1. The van der Waals surface area contributed by atoms with Crippen molar-refractivity contribution in [1.29, 1.82) is 0 Å². The van der Waals surface area contributed by atoms with Gasteiger partial charge in [0, 0.05) is 35.1 Å². The second-order valence-corrected chi connectivity index (χ2v) is 7.99. The average molecular weight is 463 g/mol. The quantitative estimate of drug-likeness (QED) is 0.317. The molecule has 0 saturated heterocycles. The number of esters is 1. The van der Waals surface area contributed by atoms with Gasteiger partial charge in [-0.3, -0.25) is 14.4 Å². The predicted octanol–water partition coefficient (Wildman–Crippen LogP) is 5.52. The third-order valence-corrected chi connectivity index (χ3v) is 5.07. The molecule has 6 nitrogen and oxygen atoms in total. The van der Waals surface area contributed by atoms with Crippen molar-refractivity contribution in [2.75, 3.05) is 16.8 Å². The van der Waals surface area contributed by atoms with Gasteiger partial charge >= 0.3 is 5.97 Å². The highest BCUT2D eigenvalue weighted by Gasteiger charge is 2.14. The number of amides is 1. The molecule has 0 fully saturated rings. The largest absolute Gasteiger partial charge is 0.456 e. The summed E-state index contributed by atoms with van der Waals surface area (Å²) in [6.07, 6.45) is -0.246. The third-order valence-electron chi connectivity index (χ3n) is 5.07. The highest BCUT2D eigenvalue weighted by Crippen LogP contribution is 2.28. The fourth-order valence-electron chi connectivity index (χ4n) is 3.45. The van der Waals surface area contributed by atoms with Crippen LogP contribution in [-0.4, -0.2) is 30.3 Å². The molecular formula is C27H27FN2O4. The van der Waals surface area contributed by atoms with Gasteiger partial charge in [0.15, 0.2) is 12.4 Å². The molecule has 0 radical (unpaired) electrons. The minimum Gasteiger partial charge on any atom is -0.456 e. The van der Waals surface area contributed by atoms with E-state index in [-0.39, 0.29) is 24.7 Å². The van der Waals surface area contributed by atoms with E-state index in [2.05, 4.69) is 24.1 Å². The van der Waals surface area contributed by atoms with Gasteiger partial charge in [0.25, 0.3) is 5.91 Å². The molecule has 0 aliphatic rings. The van der Waals surface area contributed by atoms with Gasteiger partial charge in [-0.15, -0.1) is 0 Å². The van der Waals surface area contributed by atoms with Crippen LogP contribution in [0.1, 0.15) is 37.0 Å². The van der Waals surface area contributed by atoms with Crippen molar-refractivity contribution >= 4 is 34.7 Å². The first-order chi connectivity index (χ1) is 16.3. The Morgan fingerprint density at radius 3 is 2.09 bits per heavy atom. The lowest BCUT2D eigenvalue weighted by molar-refractivity contribution is -0.147. The van der Waals surface area contributed by atoms with E-state index < -0.39 is 24.3 Å². The van der Waals surface area contributed by atoms with Gasteiger partial charge in [-0.2, -0.15) is 0 Å². The number of ether oxygens (including phenoxy) is 1. The molecular weight excluding hydrogens is 435 g/mol. The third kappa shape index (κ3) is 7.00. The van der Waals surface area contributed by atoms with Gasteiger partial charge in [-0.1, -0.05) is 18.2 Å². The van der Waals surface area contributed by atoms with Gasteiger partial charge < -0.3 is 15.0 Å². The van der Waals surface area contributed by atoms with E-state index in [1.54, 1.807) is 12.1 Å². The summed E-state index contributed by atoms with van der Waals surface area (Å²) in [6.45, 7) is 3.75. The van der Waals surface area contributed by atoms with Crippen LogP contribution in [0, 0.1) is 5.82 Å². The Balaban J connectivity index is 1.47. The first-order valence-corrected chi connectivity index (χ1v) is 11.0. The van der Waals surface area contributed by atoms with Crippen LogP contribution in [0.4, 0.5) is 21.5 Å². The molecule has 7 heteroatoms. The number of hydrogen-bond acceptors (Lipinski definition) is 5. The lowest BCUT2D eigenvalue weighted by Crippen LogP contribution is -2.25. The summed E-state index contributed by atoms with van der Waals surface area (Å²) in [5.74, 6) is -1.87. The number of halogens is 1. The Morgan fingerprint density at radius 1 is 0.853 bits per heavy atom. The Bertz CT molecular complexity index is 1110. The van der Waals surface area contributed by atoms with Crippen LogP contribution in [0.5, 0.6) is 0 Å². The van der Waals surface area contributed by atoms with Crippen LogP contribution in [0.15, 0.2) is 78.9 Å². The Hall–Kier alpha value is -4.00. The Labute approximate surface area is 198 Å². The Morgan fingerprint density at radius 2 is 1.47 bits per heavy atom. The fraction of sp³-hybridized carbons (Fsp3) is 0.222. The van der Waals surface area contributed by atoms with Gasteiger partial charge in [0.2, 0.25) is 0 Å². The van der Waals surface area contributed by atoms with Crippen molar-refractivity contribution in [1.82, 2.24) is 0 Å². The van der Waals surface area contributed by atoms with Gasteiger partial charge in [0.05, 0.1) is 6.42 Å². The van der Waals surface area contributed by atoms with Crippen LogP contribution < -0.4 is 10.2 Å². The van der Waals surface area contributed by atoms with Crippen molar-refractivity contribution in [3.63, 3.8) is 0 Å². The van der Waals surface area contributed by atoms with Crippen LogP contribution in [0.2, 0.25) is 0 Å². The maximum absolute atomic E-state index is 12.9. The minimum atomic E-state index is -0.656. The number of carbonyl (C=O) groups excluding carboxylic acids is 3. The van der Waals surface area contributed by atoms with Crippen molar-refractivity contribution in [2.24, 2.45) is 0 Å². The molecule has 3 aromatic rings. The zero-order valence-electron chi connectivity index (χ0n) is 19.2. The van der Waals surface area contributed by atoms with E-state index in [4.69, 9.17) is 4.74 Å². The molecule has 1 N–H and O–H groups in total. The molecule has 0 spiro atoms. The molecule has 0 saturated carbocycles. The van der Waals surface area contributed by atoms with E-state index in [0.29, 0.717) is 11.3 Å². The van der Waals surface area contributed by atoms with Gasteiger partial charge in [-0.05, 0) is 74.5 Å². The number of anilines is 3. The fourth-order valence-corrected chi connectivity index (χ4v) is 3.45. The monoisotopic (exact) mass is 462 g/mol. The number of carbonyl (C=O) groups is 3. The summed E-state index contributed by atoms with van der Waals surface area (Å²) >= 11 is 0. The first-order valence-electron chi connectivity index (χ1n) is 11.0. The molecule has 0 unspecified atom stereocenters. The standard InChI is InChI=1S/C27H27FN2O4/c1-19(2)30(23-6-4-3-5-7-23)24-14-12-22(13-15-24)29-26(32)18-34-27(33)17-16-25(31)20-8-10-21(28)11-9-20/h3-15,19H,16-18H2,1-2H3,(H,29,32). The average Bonchev–Trinajstić information content (AvgIpc) is 2.83. The topological polar surface area (TPSA) is 75.7 Å². The van der Waals surface area contributed by atoms with E-state index >= 15 is 0 Å². The smallest absolute Gasteiger partial charge is 0.306 e.